The third kappa shape index (κ3) is 7.87. The van der Waals surface area contributed by atoms with E-state index in [9.17, 15) is 13.2 Å². The van der Waals surface area contributed by atoms with Gasteiger partial charge in [0.1, 0.15) is 0 Å². The van der Waals surface area contributed by atoms with Crippen molar-refractivity contribution in [3.8, 4) is 0 Å². The van der Waals surface area contributed by atoms with Crippen molar-refractivity contribution in [3.05, 3.63) is 17.5 Å². The summed E-state index contributed by atoms with van der Waals surface area (Å²) in [5, 5.41) is 9.93. The first-order valence-electron chi connectivity index (χ1n) is 7.36. The number of hydrogen-bond acceptors (Lipinski definition) is 4. The Balaban J connectivity index is 2.32. The van der Waals surface area contributed by atoms with Gasteiger partial charge in [-0.25, -0.2) is 0 Å². The molecule has 0 aliphatic rings. The Labute approximate surface area is 134 Å². The fraction of sp³-hybridized carbons (Fsp3) is 0.714. The maximum Gasteiger partial charge on any atom is 0.401 e. The van der Waals surface area contributed by atoms with Crippen molar-refractivity contribution in [2.24, 2.45) is 4.99 Å². The normalized spacial score (nSPS) is 13.0. The van der Waals surface area contributed by atoms with Gasteiger partial charge < -0.3 is 15.2 Å². The highest BCUT2D eigenvalue weighted by atomic mass is 19.4. The molecule has 0 aromatic carbocycles. The zero-order valence-corrected chi connectivity index (χ0v) is 13.9. The van der Waals surface area contributed by atoms with Gasteiger partial charge >= 0.3 is 6.18 Å². The predicted octanol–water partition coefficient (Wildman–Crippen LogP) is 1.96. The van der Waals surface area contributed by atoms with Crippen LogP contribution in [0.15, 0.2) is 15.6 Å². The van der Waals surface area contributed by atoms with E-state index < -0.39 is 12.7 Å². The van der Waals surface area contributed by atoms with Crippen molar-refractivity contribution in [1.29, 1.82) is 0 Å². The largest absolute Gasteiger partial charge is 0.401 e. The average Bonchev–Trinajstić information content (AvgIpc) is 2.89. The van der Waals surface area contributed by atoms with E-state index in [2.05, 4.69) is 20.8 Å². The van der Waals surface area contributed by atoms with Crippen LogP contribution in [-0.4, -0.2) is 55.9 Å². The number of aromatic nitrogens is 1. The van der Waals surface area contributed by atoms with E-state index in [1.807, 2.05) is 19.9 Å². The van der Waals surface area contributed by atoms with Gasteiger partial charge in [0, 0.05) is 26.2 Å². The van der Waals surface area contributed by atoms with Crippen molar-refractivity contribution < 1.29 is 17.7 Å². The second kappa shape index (κ2) is 8.76. The maximum atomic E-state index is 12.2. The molecule has 0 bridgehead atoms. The fourth-order valence-electron chi connectivity index (χ4n) is 1.83. The van der Waals surface area contributed by atoms with E-state index in [-0.39, 0.29) is 12.5 Å². The van der Waals surface area contributed by atoms with Gasteiger partial charge in [-0.2, -0.15) is 13.2 Å². The summed E-state index contributed by atoms with van der Waals surface area (Å²) in [4.78, 5) is 5.21. The van der Waals surface area contributed by atoms with Gasteiger partial charge in [-0.05, 0) is 13.0 Å². The summed E-state index contributed by atoms with van der Waals surface area (Å²) in [6.07, 6.45) is -4.19. The molecule has 132 valence electrons. The minimum absolute atomic E-state index is 0.250. The minimum Gasteiger partial charge on any atom is -0.359 e. The van der Waals surface area contributed by atoms with E-state index in [1.54, 1.807) is 7.05 Å². The quantitative estimate of drug-likeness (QED) is 0.589. The molecule has 0 aliphatic carbocycles. The number of alkyl halides is 3. The topological polar surface area (TPSA) is 65.7 Å². The van der Waals surface area contributed by atoms with Gasteiger partial charge in [0.15, 0.2) is 11.7 Å². The van der Waals surface area contributed by atoms with Crippen LogP contribution in [0.1, 0.15) is 31.2 Å². The summed E-state index contributed by atoms with van der Waals surface area (Å²) in [5.41, 5.74) is 0.874. The Hall–Kier alpha value is -1.77. The lowest BCUT2D eigenvalue weighted by Gasteiger charge is -2.19. The molecule has 0 aliphatic heterocycles. The number of hydrogen-bond donors (Lipinski definition) is 2. The van der Waals surface area contributed by atoms with E-state index in [4.69, 9.17) is 4.52 Å². The lowest BCUT2D eigenvalue weighted by atomic mass is 10.1. The number of nitrogens with zero attached hydrogens (tertiary/aromatic N) is 3. The van der Waals surface area contributed by atoms with Gasteiger partial charge in [0.2, 0.25) is 0 Å². The molecule has 2 N–H and O–H groups in total. The van der Waals surface area contributed by atoms with Crippen molar-refractivity contribution in [1.82, 2.24) is 20.7 Å². The number of aliphatic imine (C=N–C) groups is 1. The van der Waals surface area contributed by atoms with Gasteiger partial charge in [-0.15, -0.1) is 0 Å². The lowest BCUT2D eigenvalue weighted by molar-refractivity contribution is -0.142. The second-order valence-corrected chi connectivity index (χ2v) is 5.58. The van der Waals surface area contributed by atoms with Crippen LogP contribution in [0.4, 0.5) is 13.2 Å². The molecule has 1 rings (SSSR count). The third-order valence-corrected chi connectivity index (χ3v) is 3.06. The average molecular weight is 335 g/mol. The van der Waals surface area contributed by atoms with Crippen molar-refractivity contribution >= 4 is 5.96 Å². The van der Waals surface area contributed by atoms with Crippen LogP contribution in [0, 0.1) is 0 Å². The van der Waals surface area contributed by atoms with Crippen molar-refractivity contribution in [2.75, 3.05) is 33.7 Å². The number of likely N-dealkylation sites (N-methyl/N-ethyl adjacent to an activating group) is 1. The summed E-state index contributed by atoms with van der Waals surface area (Å²) in [7, 11) is 3.02. The van der Waals surface area contributed by atoms with E-state index in [0.717, 1.165) is 5.69 Å². The molecule has 1 aromatic rings. The molecule has 0 fully saturated rings. The summed E-state index contributed by atoms with van der Waals surface area (Å²) in [6, 6.07) is 1.86. The molecule has 0 atom stereocenters. The summed E-state index contributed by atoms with van der Waals surface area (Å²) in [6.45, 7) is 4.11. The fourth-order valence-corrected chi connectivity index (χ4v) is 1.83. The molecule has 0 saturated heterocycles. The number of guanidine groups is 1. The first-order chi connectivity index (χ1) is 10.7. The maximum absolute atomic E-state index is 12.2. The molecular weight excluding hydrogens is 311 g/mol. The highest BCUT2D eigenvalue weighted by Gasteiger charge is 2.28. The van der Waals surface area contributed by atoms with Crippen LogP contribution in [0.25, 0.3) is 0 Å². The Morgan fingerprint density at radius 3 is 2.61 bits per heavy atom. The van der Waals surface area contributed by atoms with E-state index >= 15 is 0 Å². The molecule has 0 spiro atoms. The third-order valence-electron chi connectivity index (χ3n) is 3.06. The molecular formula is C14H24F3N5O. The van der Waals surface area contributed by atoms with Gasteiger partial charge in [-0.1, -0.05) is 19.0 Å². The minimum atomic E-state index is -4.19. The Kier molecular flexibility index (Phi) is 7.34. The zero-order chi connectivity index (χ0) is 17.5. The Morgan fingerprint density at radius 2 is 2.09 bits per heavy atom. The molecule has 23 heavy (non-hydrogen) atoms. The first kappa shape index (κ1) is 19.3. The molecule has 0 saturated carbocycles. The molecule has 1 heterocycles. The van der Waals surface area contributed by atoms with Gasteiger partial charge in [-0.3, -0.25) is 9.89 Å². The van der Waals surface area contributed by atoms with Crippen molar-refractivity contribution in [3.63, 3.8) is 0 Å². The predicted molar refractivity (Wildman–Crippen MR) is 82.3 cm³/mol. The van der Waals surface area contributed by atoms with Crippen LogP contribution in [0.2, 0.25) is 0 Å². The number of nitrogens with one attached hydrogen (secondary N) is 2. The molecule has 0 radical (unpaired) electrons. The molecule has 1 aromatic heterocycles. The molecule has 9 heteroatoms. The second-order valence-electron chi connectivity index (χ2n) is 5.58. The standard InChI is InChI=1S/C14H24F3N5O/c1-10(2)12-7-11(23-21-12)8-20-13(18-3)19-5-6-22(4)9-14(15,16)17/h7,10H,5-6,8-9H2,1-4H3,(H2,18,19,20). The Bertz CT molecular complexity index is 499. The van der Waals surface area contributed by atoms with Crippen LogP contribution in [0.5, 0.6) is 0 Å². The monoisotopic (exact) mass is 335 g/mol. The van der Waals surface area contributed by atoms with Crippen LogP contribution in [0.3, 0.4) is 0 Å². The zero-order valence-electron chi connectivity index (χ0n) is 13.9. The lowest BCUT2D eigenvalue weighted by Crippen LogP contribution is -2.42. The summed E-state index contributed by atoms with van der Waals surface area (Å²) < 4.78 is 41.8. The van der Waals surface area contributed by atoms with E-state index in [0.29, 0.717) is 24.8 Å². The Morgan fingerprint density at radius 1 is 1.39 bits per heavy atom. The van der Waals surface area contributed by atoms with Gasteiger partial charge in [0.05, 0.1) is 18.8 Å². The number of halogens is 3. The van der Waals surface area contributed by atoms with Crippen LogP contribution >= 0.6 is 0 Å². The molecule has 0 amide bonds. The van der Waals surface area contributed by atoms with Gasteiger partial charge in [0.25, 0.3) is 0 Å². The van der Waals surface area contributed by atoms with Crippen LogP contribution < -0.4 is 10.6 Å². The van der Waals surface area contributed by atoms with Crippen molar-refractivity contribution in [2.45, 2.75) is 32.5 Å². The van der Waals surface area contributed by atoms with E-state index in [1.165, 1.54) is 11.9 Å². The molecule has 6 nitrogen and oxygen atoms in total. The molecule has 0 unspecified atom stereocenters. The van der Waals surface area contributed by atoms with Crippen LogP contribution in [-0.2, 0) is 6.54 Å². The first-order valence-corrected chi connectivity index (χ1v) is 7.36. The highest BCUT2D eigenvalue weighted by Crippen LogP contribution is 2.15. The number of rotatable bonds is 7. The highest BCUT2D eigenvalue weighted by molar-refractivity contribution is 5.79. The summed E-state index contributed by atoms with van der Waals surface area (Å²) >= 11 is 0. The summed E-state index contributed by atoms with van der Waals surface area (Å²) in [5.74, 6) is 1.45. The SMILES string of the molecule is CN=C(NCCN(C)CC(F)(F)F)NCc1cc(C(C)C)no1. The smallest absolute Gasteiger partial charge is 0.359 e.